The molecule has 1 fully saturated rings. The van der Waals surface area contributed by atoms with Gasteiger partial charge >= 0.3 is 5.97 Å². The van der Waals surface area contributed by atoms with E-state index in [4.69, 9.17) is 4.74 Å². The molecule has 0 unspecified atom stereocenters. The smallest absolute Gasteiger partial charge is 0.307 e. The van der Waals surface area contributed by atoms with Gasteiger partial charge < -0.3 is 4.74 Å². The first kappa shape index (κ1) is 14.8. The largest absolute Gasteiger partial charge is 0.469 e. The highest BCUT2D eigenvalue weighted by molar-refractivity contribution is 7.99. The van der Waals surface area contributed by atoms with Crippen molar-refractivity contribution in [1.82, 2.24) is 9.88 Å². The van der Waals surface area contributed by atoms with Gasteiger partial charge in [0.25, 0.3) is 0 Å². The van der Waals surface area contributed by atoms with E-state index in [1.165, 1.54) is 12.0 Å². The number of esters is 1. The normalized spacial score (nSPS) is 20.5. The molecule has 6 heteroatoms. The molecule has 1 aromatic rings. The minimum atomic E-state index is -0.116. The fraction of sp³-hybridized carbons (Fsp3) is 0.692. The first-order chi connectivity index (χ1) is 9.10. The summed E-state index contributed by atoms with van der Waals surface area (Å²) in [4.78, 5) is 19.7. The number of carbonyl (C=O) groups is 1. The number of nitrogens with zero attached hydrogens (tertiary/aromatic N) is 2. The second-order valence-electron chi connectivity index (χ2n) is 4.72. The quantitative estimate of drug-likeness (QED) is 0.798. The maximum atomic E-state index is 11.5. The Morgan fingerprint density at radius 2 is 2.32 bits per heavy atom. The van der Waals surface area contributed by atoms with Crippen LogP contribution in [0.3, 0.4) is 0 Å². The van der Waals surface area contributed by atoms with Crippen molar-refractivity contribution in [2.45, 2.75) is 32.9 Å². The molecule has 19 heavy (non-hydrogen) atoms. The van der Waals surface area contributed by atoms with E-state index >= 15 is 0 Å². The third-order valence-corrected chi connectivity index (χ3v) is 5.48. The molecule has 0 amide bonds. The molecule has 106 valence electrons. The summed E-state index contributed by atoms with van der Waals surface area (Å²) < 4.78 is 4.79. The molecule has 4 nitrogen and oxygen atoms in total. The van der Waals surface area contributed by atoms with E-state index in [2.05, 4.69) is 16.8 Å². The Labute approximate surface area is 122 Å². The highest BCUT2D eigenvalue weighted by atomic mass is 32.2. The Hall–Kier alpha value is -0.590. The van der Waals surface area contributed by atoms with Crippen LogP contribution in [-0.2, 0) is 16.1 Å². The number of aryl methyl sites for hydroxylation is 2. The van der Waals surface area contributed by atoms with Gasteiger partial charge in [-0.05, 0) is 13.8 Å². The Kier molecular flexibility index (Phi) is 5.24. The SMILES string of the molecule is COC(=O)C[C@@H]1CSCCN1Cc1sc(C)nc1C. The Morgan fingerprint density at radius 3 is 2.95 bits per heavy atom. The summed E-state index contributed by atoms with van der Waals surface area (Å²) >= 11 is 3.68. The third-order valence-electron chi connectivity index (χ3n) is 3.33. The van der Waals surface area contributed by atoms with Crippen molar-refractivity contribution in [2.75, 3.05) is 25.2 Å². The zero-order valence-corrected chi connectivity index (χ0v) is 13.3. The van der Waals surface area contributed by atoms with E-state index < -0.39 is 0 Å². The number of ether oxygens (including phenoxy) is 1. The van der Waals surface area contributed by atoms with Crippen LogP contribution in [0, 0.1) is 13.8 Å². The van der Waals surface area contributed by atoms with Gasteiger partial charge in [-0.15, -0.1) is 11.3 Å². The first-order valence-corrected chi connectivity index (χ1v) is 8.38. The first-order valence-electron chi connectivity index (χ1n) is 6.41. The van der Waals surface area contributed by atoms with Crippen molar-refractivity contribution in [2.24, 2.45) is 0 Å². The van der Waals surface area contributed by atoms with Crippen LogP contribution in [0.1, 0.15) is 22.0 Å². The highest BCUT2D eigenvalue weighted by Crippen LogP contribution is 2.25. The van der Waals surface area contributed by atoms with Crippen LogP contribution >= 0.6 is 23.1 Å². The van der Waals surface area contributed by atoms with Gasteiger partial charge in [-0.3, -0.25) is 9.69 Å². The zero-order chi connectivity index (χ0) is 13.8. The van der Waals surface area contributed by atoms with Crippen LogP contribution in [-0.4, -0.2) is 47.1 Å². The number of thioether (sulfide) groups is 1. The molecule has 1 aliphatic rings. The fourth-order valence-corrected chi connectivity index (χ4v) is 4.36. The van der Waals surface area contributed by atoms with Gasteiger partial charge in [0.1, 0.15) is 0 Å². The third kappa shape index (κ3) is 3.94. The van der Waals surface area contributed by atoms with Gasteiger partial charge in [-0.2, -0.15) is 11.8 Å². The maximum absolute atomic E-state index is 11.5. The minimum absolute atomic E-state index is 0.116. The van der Waals surface area contributed by atoms with E-state index in [1.807, 2.05) is 18.7 Å². The standard InChI is InChI=1S/C13H20N2O2S2/c1-9-12(19-10(2)14-9)7-15-4-5-18-8-11(15)6-13(16)17-3/h11H,4-8H2,1-3H3/t11-/m1/s1. The van der Waals surface area contributed by atoms with Gasteiger partial charge in [-0.1, -0.05) is 0 Å². The van der Waals surface area contributed by atoms with Crippen LogP contribution < -0.4 is 0 Å². The molecule has 0 spiro atoms. The Balaban J connectivity index is 2.03. The molecule has 2 heterocycles. The number of hydrogen-bond donors (Lipinski definition) is 0. The van der Waals surface area contributed by atoms with Gasteiger partial charge in [0.15, 0.2) is 0 Å². The number of thiazole rings is 1. The van der Waals surface area contributed by atoms with Gasteiger partial charge in [0, 0.05) is 35.5 Å². The molecule has 1 saturated heterocycles. The monoisotopic (exact) mass is 300 g/mol. The summed E-state index contributed by atoms with van der Waals surface area (Å²) in [5.74, 6) is 2.02. The summed E-state index contributed by atoms with van der Waals surface area (Å²) in [5.41, 5.74) is 1.12. The van der Waals surface area contributed by atoms with Crippen LogP contribution in [0.4, 0.5) is 0 Å². The molecule has 1 aromatic heterocycles. The Morgan fingerprint density at radius 1 is 1.53 bits per heavy atom. The number of carbonyl (C=O) groups excluding carboxylic acids is 1. The summed E-state index contributed by atoms with van der Waals surface area (Å²) in [6.45, 7) is 6.04. The molecule has 0 saturated carbocycles. The lowest BCUT2D eigenvalue weighted by molar-refractivity contribution is -0.141. The van der Waals surface area contributed by atoms with Crippen molar-refractivity contribution >= 4 is 29.1 Å². The lowest BCUT2D eigenvalue weighted by Gasteiger charge is -2.34. The zero-order valence-electron chi connectivity index (χ0n) is 11.6. The topological polar surface area (TPSA) is 42.4 Å². The van der Waals surface area contributed by atoms with Crippen molar-refractivity contribution in [3.63, 3.8) is 0 Å². The predicted molar refractivity (Wildman–Crippen MR) is 79.7 cm³/mol. The molecule has 0 N–H and O–H groups in total. The van der Waals surface area contributed by atoms with Gasteiger partial charge in [0.2, 0.25) is 0 Å². The van der Waals surface area contributed by atoms with Crippen LogP contribution in [0.5, 0.6) is 0 Å². The lowest BCUT2D eigenvalue weighted by Crippen LogP contribution is -2.43. The van der Waals surface area contributed by atoms with Crippen molar-refractivity contribution in [3.8, 4) is 0 Å². The highest BCUT2D eigenvalue weighted by Gasteiger charge is 2.26. The van der Waals surface area contributed by atoms with Gasteiger partial charge in [-0.25, -0.2) is 4.98 Å². The predicted octanol–water partition coefficient (Wildman–Crippen LogP) is 2.24. The van der Waals surface area contributed by atoms with Gasteiger partial charge in [0.05, 0.1) is 24.2 Å². The summed E-state index contributed by atoms with van der Waals surface area (Å²) in [5, 5.41) is 1.11. The number of methoxy groups -OCH3 is 1. The van der Waals surface area contributed by atoms with Crippen LogP contribution in [0.2, 0.25) is 0 Å². The molecular weight excluding hydrogens is 280 g/mol. The molecule has 1 atom stereocenters. The van der Waals surface area contributed by atoms with Crippen molar-refractivity contribution < 1.29 is 9.53 Å². The van der Waals surface area contributed by atoms with Crippen LogP contribution in [0.25, 0.3) is 0 Å². The molecule has 0 bridgehead atoms. The average Bonchev–Trinajstić information content (AvgIpc) is 2.70. The molecule has 0 aromatic carbocycles. The molecule has 0 aliphatic carbocycles. The van der Waals surface area contributed by atoms with Crippen LogP contribution in [0.15, 0.2) is 0 Å². The molecule has 1 aliphatic heterocycles. The number of hydrogen-bond acceptors (Lipinski definition) is 6. The molecule has 2 rings (SSSR count). The number of rotatable bonds is 4. The van der Waals surface area contributed by atoms with E-state index in [0.29, 0.717) is 6.42 Å². The summed E-state index contributed by atoms with van der Waals surface area (Å²) in [6, 6.07) is 0.285. The van der Waals surface area contributed by atoms with Crippen molar-refractivity contribution in [3.05, 3.63) is 15.6 Å². The van der Waals surface area contributed by atoms with E-state index in [-0.39, 0.29) is 12.0 Å². The maximum Gasteiger partial charge on any atom is 0.307 e. The van der Waals surface area contributed by atoms with E-state index in [9.17, 15) is 4.79 Å². The molecule has 0 radical (unpaired) electrons. The minimum Gasteiger partial charge on any atom is -0.469 e. The van der Waals surface area contributed by atoms with Crippen molar-refractivity contribution in [1.29, 1.82) is 0 Å². The summed E-state index contributed by atoms with van der Waals surface area (Å²) in [6.07, 6.45) is 0.486. The lowest BCUT2D eigenvalue weighted by atomic mass is 10.2. The van der Waals surface area contributed by atoms with E-state index in [1.54, 1.807) is 11.3 Å². The molecular formula is C13H20N2O2S2. The second kappa shape index (κ2) is 6.72. The fourth-order valence-electron chi connectivity index (χ4n) is 2.27. The van der Waals surface area contributed by atoms with E-state index in [0.717, 1.165) is 35.3 Å². The second-order valence-corrected chi connectivity index (χ2v) is 7.16. The average molecular weight is 300 g/mol. The number of aromatic nitrogens is 1. The summed E-state index contributed by atoms with van der Waals surface area (Å²) in [7, 11) is 1.46. The Bertz CT molecular complexity index is 448.